The molecule has 3 rings (SSSR count). The topological polar surface area (TPSA) is 49.0 Å². The number of rotatable bonds is 2. The van der Waals surface area contributed by atoms with Crippen molar-refractivity contribution in [3.63, 3.8) is 0 Å². The molecule has 3 heterocycles. The number of aromatic nitrogens is 2. The van der Waals surface area contributed by atoms with Gasteiger partial charge >= 0.3 is 0 Å². The van der Waals surface area contributed by atoms with Gasteiger partial charge in [0.1, 0.15) is 0 Å². The molecule has 1 fully saturated rings. The summed E-state index contributed by atoms with van der Waals surface area (Å²) in [6, 6.07) is 0. The van der Waals surface area contributed by atoms with E-state index in [-0.39, 0.29) is 5.92 Å². The normalized spacial score (nSPS) is 25.5. The highest BCUT2D eigenvalue weighted by Gasteiger charge is 2.31. The highest BCUT2D eigenvalue weighted by atomic mass is 32.2. The Hall–Kier alpha value is -1.23. The minimum Gasteiger partial charge on any atom is -0.342 e. The fourth-order valence-corrected chi connectivity index (χ4v) is 4.18. The SMILES string of the molecule is CC1(C)CCCN(C(=O)C2C=C(c3cn[nH]c3)SC2)CC1. The van der Waals surface area contributed by atoms with Crippen LogP contribution >= 0.6 is 11.8 Å². The van der Waals surface area contributed by atoms with E-state index >= 15 is 0 Å². The van der Waals surface area contributed by atoms with Gasteiger partial charge in [-0.1, -0.05) is 19.9 Å². The number of nitrogens with one attached hydrogen (secondary N) is 1. The van der Waals surface area contributed by atoms with Gasteiger partial charge in [0.25, 0.3) is 0 Å². The largest absolute Gasteiger partial charge is 0.342 e. The quantitative estimate of drug-likeness (QED) is 0.913. The lowest BCUT2D eigenvalue weighted by atomic mass is 9.85. The summed E-state index contributed by atoms with van der Waals surface area (Å²) in [5.41, 5.74) is 1.46. The lowest BCUT2D eigenvalue weighted by Crippen LogP contribution is -2.36. The molecule has 1 aromatic rings. The fraction of sp³-hybridized carbons (Fsp3) is 0.625. The molecule has 1 amide bonds. The van der Waals surface area contributed by atoms with Crippen molar-refractivity contribution in [1.29, 1.82) is 0 Å². The van der Waals surface area contributed by atoms with E-state index in [1.807, 2.05) is 12.4 Å². The molecule has 2 aliphatic heterocycles. The maximum absolute atomic E-state index is 12.7. The Morgan fingerprint density at radius 1 is 1.43 bits per heavy atom. The van der Waals surface area contributed by atoms with E-state index in [4.69, 9.17) is 0 Å². The molecular weight excluding hydrogens is 282 g/mol. The highest BCUT2D eigenvalue weighted by molar-refractivity contribution is 8.08. The predicted octanol–water partition coefficient (Wildman–Crippen LogP) is 3.15. The molecular formula is C16H23N3OS. The average Bonchev–Trinajstić information content (AvgIpc) is 3.08. The van der Waals surface area contributed by atoms with Crippen LogP contribution in [0.2, 0.25) is 0 Å². The van der Waals surface area contributed by atoms with Crippen molar-refractivity contribution in [2.45, 2.75) is 33.1 Å². The summed E-state index contributed by atoms with van der Waals surface area (Å²) in [5, 5.41) is 6.81. The van der Waals surface area contributed by atoms with Crippen molar-refractivity contribution in [3.05, 3.63) is 24.0 Å². The molecule has 1 saturated heterocycles. The number of H-pyrrole nitrogens is 1. The molecule has 1 unspecified atom stereocenters. The second kappa shape index (κ2) is 5.87. The van der Waals surface area contributed by atoms with Crippen LogP contribution in [-0.4, -0.2) is 39.8 Å². The van der Waals surface area contributed by atoms with Gasteiger partial charge in [-0.2, -0.15) is 5.10 Å². The lowest BCUT2D eigenvalue weighted by molar-refractivity contribution is -0.133. The van der Waals surface area contributed by atoms with Gasteiger partial charge < -0.3 is 4.90 Å². The minimum atomic E-state index is 0.0288. The van der Waals surface area contributed by atoms with Crippen molar-refractivity contribution in [3.8, 4) is 0 Å². The lowest BCUT2D eigenvalue weighted by Gasteiger charge is -2.25. The number of carbonyl (C=O) groups excluding carboxylic acids is 1. The summed E-state index contributed by atoms with van der Waals surface area (Å²) < 4.78 is 0. The number of thioether (sulfide) groups is 1. The van der Waals surface area contributed by atoms with Crippen molar-refractivity contribution in [2.75, 3.05) is 18.8 Å². The molecule has 0 aromatic carbocycles. The summed E-state index contributed by atoms with van der Waals surface area (Å²) in [5.74, 6) is 1.19. The van der Waals surface area contributed by atoms with Gasteiger partial charge in [-0.25, -0.2) is 0 Å². The molecule has 0 bridgehead atoms. The summed E-state index contributed by atoms with van der Waals surface area (Å²) in [7, 11) is 0. The van der Waals surface area contributed by atoms with E-state index in [9.17, 15) is 4.79 Å². The van der Waals surface area contributed by atoms with E-state index < -0.39 is 0 Å². The molecule has 0 radical (unpaired) electrons. The average molecular weight is 305 g/mol. The van der Waals surface area contributed by atoms with Crippen LogP contribution in [0.4, 0.5) is 0 Å². The van der Waals surface area contributed by atoms with E-state index in [2.05, 4.69) is 35.0 Å². The third-order valence-electron chi connectivity index (χ3n) is 4.52. The van der Waals surface area contributed by atoms with Gasteiger partial charge in [0, 0.05) is 35.5 Å². The van der Waals surface area contributed by atoms with Crippen molar-refractivity contribution in [2.24, 2.45) is 11.3 Å². The standard InChI is InChI=1S/C16H23N3OS/c1-16(2)4-3-6-19(7-5-16)15(20)12-8-14(21-11-12)13-9-17-18-10-13/h8-10,12H,3-7,11H2,1-2H3,(H,17,18). The van der Waals surface area contributed by atoms with Crippen LogP contribution in [0.3, 0.4) is 0 Å². The summed E-state index contributed by atoms with van der Waals surface area (Å²) >= 11 is 1.76. The molecule has 2 aliphatic rings. The molecule has 1 N–H and O–H groups in total. The van der Waals surface area contributed by atoms with Gasteiger partial charge in [-0.15, -0.1) is 11.8 Å². The molecule has 21 heavy (non-hydrogen) atoms. The van der Waals surface area contributed by atoms with Gasteiger partial charge in [-0.3, -0.25) is 9.89 Å². The summed E-state index contributed by atoms with van der Waals surface area (Å²) in [4.78, 5) is 16.0. The van der Waals surface area contributed by atoms with Gasteiger partial charge in [0.2, 0.25) is 5.91 Å². The molecule has 1 aromatic heterocycles. The Bertz CT molecular complexity index is 536. The van der Waals surface area contributed by atoms with E-state index in [0.29, 0.717) is 11.3 Å². The first kappa shape index (κ1) is 14.7. The first-order chi connectivity index (χ1) is 10.1. The molecule has 0 aliphatic carbocycles. The van der Waals surface area contributed by atoms with Crippen molar-refractivity contribution >= 4 is 22.6 Å². The third-order valence-corrected chi connectivity index (χ3v) is 5.73. The van der Waals surface area contributed by atoms with Crippen LogP contribution in [-0.2, 0) is 4.79 Å². The van der Waals surface area contributed by atoms with Crippen LogP contribution in [0.25, 0.3) is 4.91 Å². The van der Waals surface area contributed by atoms with Gasteiger partial charge in [0.05, 0.1) is 12.1 Å². The van der Waals surface area contributed by atoms with Crippen molar-refractivity contribution in [1.82, 2.24) is 15.1 Å². The molecule has 0 saturated carbocycles. The van der Waals surface area contributed by atoms with Crippen LogP contribution in [0, 0.1) is 11.3 Å². The van der Waals surface area contributed by atoms with E-state index in [1.165, 1.54) is 11.3 Å². The Morgan fingerprint density at radius 3 is 3.05 bits per heavy atom. The zero-order valence-electron chi connectivity index (χ0n) is 12.8. The molecule has 114 valence electrons. The summed E-state index contributed by atoms with van der Waals surface area (Å²) in [6.07, 6.45) is 9.27. The van der Waals surface area contributed by atoms with E-state index in [1.54, 1.807) is 11.8 Å². The molecule has 4 nitrogen and oxygen atoms in total. The Labute approximate surface area is 130 Å². The maximum atomic E-state index is 12.7. The molecule has 5 heteroatoms. The number of aromatic amines is 1. The number of hydrogen-bond acceptors (Lipinski definition) is 3. The molecule has 1 atom stereocenters. The summed E-state index contributed by atoms with van der Waals surface area (Å²) in [6.45, 7) is 6.44. The number of amides is 1. The minimum absolute atomic E-state index is 0.0288. The Balaban J connectivity index is 1.66. The number of carbonyl (C=O) groups is 1. The number of nitrogens with zero attached hydrogens (tertiary/aromatic N) is 2. The smallest absolute Gasteiger partial charge is 0.230 e. The Morgan fingerprint density at radius 2 is 2.29 bits per heavy atom. The Kier molecular flexibility index (Phi) is 4.11. The zero-order chi connectivity index (χ0) is 14.9. The highest BCUT2D eigenvalue weighted by Crippen LogP contribution is 2.38. The first-order valence-corrected chi connectivity index (χ1v) is 8.66. The zero-order valence-corrected chi connectivity index (χ0v) is 13.6. The van der Waals surface area contributed by atoms with Crippen LogP contribution in [0.5, 0.6) is 0 Å². The molecule has 0 spiro atoms. The first-order valence-electron chi connectivity index (χ1n) is 7.68. The fourth-order valence-electron chi connectivity index (χ4n) is 3.04. The second-order valence-electron chi connectivity index (χ2n) is 6.78. The monoisotopic (exact) mass is 305 g/mol. The number of likely N-dealkylation sites (tertiary alicyclic amines) is 1. The third kappa shape index (κ3) is 3.34. The van der Waals surface area contributed by atoms with E-state index in [0.717, 1.165) is 37.2 Å². The van der Waals surface area contributed by atoms with Gasteiger partial charge in [-0.05, 0) is 24.7 Å². The second-order valence-corrected chi connectivity index (χ2v) is 7.84. The van der Waals surface area contributed by atoms with Crippen LogP contribution in [0.15, 0.2) is 18.5 Å². The van der Waals surface area contributed by atoms with Crippen molar-refractivity contribution < 1.29 is 4.79 Å². The van der Waals surface area contributed by atoms with Crippen LogP contribution in [0.1, 0.15) is 38.7 Å². The van der Waals surface area contributed by atoms with Crippen LogP contribution < -0.4 is 0 Å². The number of hydrogen-bond donors (Lipinski definition) is 1. The predicted molar refractivity (Wildman–Crippen MR) is 86.7 cm³/mol. The maximum Gasteiger partial charge on any atom is 0.230 e. The van der Waals surface area contributed by atoms with Gasteiger partial charge in [0.15, 0.2) is 0 Å².